The normalized spacial score (nSPS) is 10.8. The van der Waals surface area contributed by atoms with E-state index in [4.69, 9.17) is 0 Å². The van der Waals surface area contributed by atoms with Crippen molar-refractivity contribution in [2.75, 3.05) is 0 Å². The van der Waals surface area contributed by atoms with Gasteiger partial charge in [0.2, 0.25) is 0 Å². The highest BCUT2D eigenvalue weighted by Crippen LogP contribution is 2.24. The quantitative estimate of drug-likeness (QED) is 0.659. The molecule has 9 heteroatoms. The fourth-order valence-corrected chi connectivity index (χ4v) is 2.88. The first-order valence-electron chi connectivity index (χ1n) is 6.81. The molecule has 8 nitrogen and oxygen atoms in total. The molecule has 0 bridgehead atoms. The molecule has 22 heavy (non-hydrogen) atoms. The summed E-state index contributed by atoms with van der Waals surface area (Å²) in [7, 11) is 0. The number of rotatable bonds is 5. The Bertz CT molecular complexity index is 774. The van der Waals surface area contributed by atoms with E-state index in [9.17, 15) is 4.79 Å². The Kier molecular flexibility index (Phi) is 3.96. The van der Waals surface area contributed by atoms with Crippen LogP contribution in [0.15, 0.2) is 12.5 Å². The van der Waals surface area contributed by atoms with Gasteiger partial charge in [-0.2, -0.15) is 5.10 Å². The molecule has 0 aliphatic carbocycles. The topological polar surface area (TPSA) is 112 Å². The van der Waals surface area contributed by atoms with Gasteiger partial charge in [0.25, 0.3) is 5.91 Å². The molecular formula is C13H15N7OS. The van der Waals surface area contributed by atoms with Crippen LogP contribution < -0.4 is 5.32 Å². The number of hydrogen-bond acceptors (Lipinski definition) is 6. The van der Waals surface area contributed by atoms with Gasteiger partial charge < -0.3 is 10.3 Å². The van der Waals surface area contributed by atoms with Crippen molar-refractivity contribution in [3.8, 4) is 10.8 Å². The fourth-order valence-electron chi connectivity index (χ4n) is 1.95. The minimum atomic E-state index is -0.159. The summed E-state index contributed by atoms with van der Waals surface area (Å²) in [4.78, 5) is 28.6. The summed E-state index contributed by atoms with van der Waals surface area (Å²) >= 11 is 1.29. The van der Waals surface area contributed by atoms with E-state index in [1.54, 1.807) is 13.1 Å². The van der Waals surface area contributed by atoms with Crippen LogP contribution in [0.4, 0.5) is 0 Å². The molecular weight excluding hydrogens is 302 g/mol. The van der Waals surface area contributed by atoms with Crippen LogP contribution in [0.5, 0.6) is 0 Å². The molecule has 0 atom stereocenters. The SMILES string of the molecule is CCc1ncc(CNC(=O)c2sc(-c3ncn[nH]3)nc2C)[nH]1. The molecule has 0 unspecified atom stereocenters. The van der Waals surface area contributed by atoms with Crippen LogP contribution in [0, 0.1) is 6.92 Å². The van der Waals surface area contributed by atoms with Crippen LogP contribution in [0.3, 0.4) is 0 Å². The number of carbonyl (C=O) groups excluding carboxylic acids is 1. The maximum atomic E-state index is 12.3. The van der Waals surface area contributed by atoms with E-state index < -0.39 is 0 Å². The highest BCUT2D eigenvalue weighted by molar-refractivity contribution is 7.17. The number of aromatic amines is 2. The van der Waals surface area contributed by atoms with Crippen molar-refractivity contribution < 1.29 is 4.79 Å². The minimum Gasteiger partial charge on any atom is -0.346 e. The zero-order valence-electron chi connectivity index (χ0n) is 12.2. The van der Waals surface area contributed by atoms with Crippen LogP contribution in [-0.4, -0.2) is 36.0 Å². The predicted octanol–water partition coefficient (Wildman–Crippen LogP) is 1.45. The summed E-state index contributed by atoms with van der Waals surface area (Å²) < 4.78 is 0. The highest BCUT2D eigenvalue weighted by atomic mass is 32.1. The molecule has 3 aromatic heterocycles. The Hall–Kier alpha value is -2.55. The van der Waals surface area contributed by atoms with E-state index in [-0.39, 0.29) is 5.91 Å². The van der Waals surface area contributed by atoms with E-state index in [1.165, 1.54) is 17.7 Å². The van der Waals surface area contributed by atoms with Gasteiger partial charge in [0, 0.05) is 6.42 Å². The average molecular weight is 317 g/mol. The van der Waals surface area contributed by atoms with Gasteiger partial charge in [-0.25, -0.2) is 15.0 Å². The lowest BCUT2D eigenvalue weighted by Gasteiger charge is -2.01. The maximum Gasteiger partial charge on any atom is 0.263 e. The number of imidazole rings is 1. The Morgan fingerprint density at radius 2 is 2.27 bits per heavy atom. The number of nitrogens with one attached hydrogen (secondary N) is 3. The van der Waals surface area contributed by atoms with Crippen LogP contribution >= 0.6 is 11.3 Å². The molecule has 3 rings (SSSR count). The Morgan fingerprint density at radius 3 is 2.95 bits per heavy atom. The predicted molar refractivity (Wildman–Crippen MR) is 81.4 cm³/mol. The summed E-state index contributed by atoms with van der Waals surface area (Å²) in [5.41, 5.74) is 1.55. The molecule has 0 saturated carbocycles. The van der Waals surface area contributed by atoms with Gasteiger partial charge in [-0.1, -0.05) is 6.92 Å². The summed E-state index contributed by atoms with van der Waals surface area (Å²) in [6, 6.07) is 0. The van der Waals surface area contributed by atoms with E-state index in [2.05, 4.69) is 35.5 Å². The second-order valence-corrected chi connectivity index (χ2v) is 5.66. The molecule has 3 aromatic rings. The van der Waals surface area contributed by atoms with Crippen molar-refractivity contribution in [1.29, 1.82) is 0 Å². The van der Waals surface area contributed by atoms with Crippen molar-refractivity contribution in [2.45, 2.75) is 26.8 Å². The number of carbonyl (C=O) groups is 1. The van der Waals surface area contributed by atoms with Crippen LogP contribution in [0.25, 0.3) is 10.8 Å². The third kappa shape index (κ3) is 2.89. The lowest BCUT2D eigenvalue weighted by Crippen LogP contribution is -2.22. The first-order chi connectivity index (χ1) is 10.7. The molecule has 3 N–H and O–H groups in total. The third-order valence-corrected chi connectivity index (χ3v) is 4.24. The van der Waals surface area contributed by atoms with Crippen LogP contribution in [-0.2, 0) is 13.0 Å². The Morgan fingerprint density at radius 1 is 1.41 bits per heavy atom. The lowest BCUT2D eigenvalue weighted by atomic mass is 10.3. The highest BCUT2D eigenvalue weighted by Gasteiger charge is 2.17. The number of amides is 1. The van der Waals surface area contributed by atoms with Gasteiger partial charge in [0.15, 0.2) is 10.8 Å². The number of aromatic nitrogens is 6. The summed E-state index contributed by atoms with van der Waals surface area (Å²) in [5, 5.41) is 10.0. The summed E-state index contributed by atoms with van der Waals surface area (Å²) in [5.74, 6) is 1.31. The van der Waals surface area contributed by atoms with E-state index in [0.717, 1.165) is 17.9 Å². The molecule has 0 aromatic carbocycles. The smallest absolute Gasteiger partial charge is 0.263 e. The fraction of sp³-hybridized carbons (Fsp3) is 0.308. The Balaban J connectivity index is 1.69. The molecule has 1 amide bonds. The molecule has 0 radical (unpaired) electrons. The van der Waals surface area contributed by atoms with E-state index in [0.29, 0.717) is 27.9 Å². The van der Waals surface area contributed by atoms with Gasteiger partial charge in [-0.05, 0) is 6.92 Å². The van der Waals surface area contributed by atoms with Crippen molar-refractivity contribution in [3.05, 3.63) is 34.6 Å². The van der Waals surface area contributed by atoms with E-state index >= 15 is 0 Å². The van der Waals surface area contributed by atoms with Gasteiger partial charge in [-0.15, -0.1) is 11.3 Å². The second kappa shape index (κ2) is 6.06. The first kappa shape index (κ1) is 14.4. The monoisotopic (exact) mass is 317 g/mol. The second-order valence-electron chi connectivity index (χ2n) is 4.66. The van der Waals surface area contributed by atoms with Gasteiger partial charge >= 0.3 is 0 Å². The standard InChI is InChI=1S/C13H15N7OS/c1-3-9-14-4-8(19-9)5-15-12(21)10-7(2)18-13(22-10)11-16-6-17-20-11/h4,6H,3,5H2,1-2H3,(H,14,19)(H,15,21)(H,16,17,20). The lowest BCUT2D eigenvalue weighted by molar-refractivity contribution is 0.0953. The first-order valence-corrected chi connectivity index (χ1v) is 7.63. The third-order valence-electron chi connectivity index (χ3n) is 3.08. The largest absolute Gasteiger partial charge is 0.346 e. The zero-order chi connectivity index (χ0) is 15.5. The average Bonchev–Trinajstić information content (AvgIpc) is 3.24. The Labute approximate surface area is 130 Å². The number of aryl methyl sites for hydroxylation is 2. The minimum absolute atomic E-state index is 0.159. The van der Waals surface area contributed by atoms with Crippen molar-refractivity contribution in [1.82, 2.24) is 35.5 Å². The molecule has 0 saturated heterocycles. The maximum absolute atomic E-state index is 12.3. The molecule has 0 fully saturated rings. The number of thiazole rings is 1. The van der Waals surface area contributed by atoms with Crippen molar-refractivity contribution in [2.24, 2.45) is 0 Å². The zero-order valence-corrected chi connectivity index (χ0v) is 13.0. The van der Waals surface area contributed by atoms with Gasteiger partial charge in [-0.3, -0.25) is 9.89 Å². The molecule has 0 aliphatic heterocycles. The van der Waals surface area contributed by atoms with Crippen LogP contribution in [0.1, 0.15) is 33.8 Å². The van der Waals surface area contributed by atoms with Crippen LogP contribution in [0.2, 0.25) is 0 Å². The number of nitrogens with zero attached hydrogens (tertiary/aromatic N) is 4. The molecule has 0 spiro atoms. The van der Waals surface area contributed by atoms with E-state index in [1.807, 2.05) is 6.92 Å². The number of hydrogen-bond donors (Lipinski definition) is 3. The summed E-state index contributed by atoms with van der Waals surface area (Å²) in [6.45, 7) is 4.23. The summed E-state index contributed by atoms with van der Waals surface area (Å²) in [6.07, 6.45) is 3.98. The van der Waals surface area contributed by atoms with Gasteiger partial charge in [0.1, 0.15) is 17.0 Å². The van der Waals surface area contributed by atoms with Crippen molar-refractivity contribution in [3.63, 3.8) is 0 Å². The molecule has 0 aliphatic rings. The van der Waals surface area contributed by atoms with Gasteiger partial charge in [0.05, 0.1) is 24.1 Å². The number of H-pyrrole nitrogens is 2. The molecule has 114 valence electrons. The van der Waals surface area contributed by atoms with Crippen molar-refractivity contribution >= 4 is 17.2 Å². The molecule has 3 heterocycles.